The fourth-order valence-corrected chi connectivity index (χ4v) is 5.04. The summed E-state index contributed by atoms with van der Waals surface area (Å²) in [5, 5.41) is 15.9. The van der Waals surface area contributed by atoms with Gasteiger partial charge in [0.1, 0.15) is 22.9 Å². The third-order valence-electron chi connectivity index (χ3n) is 7.22. The molecule has 0 atom stereocenters. The van der Waals surface area contributed by atoms with Gasteiger partial charge in [0.2, 0.25) is 11.6 Å². The van der Waals surface area contributed by atoms with E-state index in [1.54, 1.807) is 29.7 Å². The Balaban J connectivity index is 0.000000178. The van der Waals surface area contributed by atoms with Crippen molar-refractivity contribution in [3.63, 3.8) is 0 Å². The molecule has 5 heterocycles. The lowest BCUT2D eigenvalue weighted by Gasteiger charge is -2.07. The van der Waals surface area contributed by atoms with Gasteiger partial charge in [-0.3, -0.25) is 18.3 Å². The second kappa shape index (κ2) is 12.7. The first-order valence-electron chi connectivity index (χ1n) is 14.6. The summed E-state index contributed by atoms with van der Waals surface area (Å²) in [6, 6.07) is 23.2. The molecule has 0 fully saturated rings. The topological polar surface area (TPSA) is 171 Å². The fourth-order valence-electron chi connectivity index (χ4n) is 5.04. The van der Waals surface area contributed by atoms with E-state index in [2.05, 4.69) is 49.4 Å². The number of amides is 1. The SMILES string of the molecule is CCc1c(-c2ccccc2)nc2nc(N)ccn12.CCn1ncc(C(=O)O)c1C(=O)Nc1ccn2cc(-c3ccccc3)nc2n1. The van der Waals surface area contributed by atoms with Crippen LogP contribution < -0.4 is 11.1 Å². The molecule has 4 N–H and O–H groups in total. The second-order valence-corrected chi connectivity index (χ2v) is 10.1. The highest BCUT2D eigenvalue weighted by molar-refractivity contribution is 6.09. The van der Waals surface area contributed by atoms with Gasteiger partial charge >= 0.3 is 5.97 Å². The Hall–Kier alpha value is -6.37. The summed E-state index contributed by atoms with van der Waals surface area (Å²) in [5.74, 6) is 0.0277. The third-order valence-corrected chi connectivity index (χ3v) is 7.22. The van der Waals surface area contributed by atoms with Gasteiger partial charge < -0.3 is 16.2 Å². The van der Waals surface area contributed by atoms with Crippen LogP contribution in [0.25, 0.3) is 34.1 Å². The van der Waals surface area contributed by atoms with Crippen molar-refractivity contribution in [2.24, 2.45) is 0 Å². The van der Waals surface area contributed by atoms with Crippen molar-refractivity contribution < 1.29 is 14.7 Å². The van der Waals surface area contributed by atoms with Gasteiger partial charge in [-0.2, -0.15) is 15.1 Å². The van der Waals surface area contributed by atoms with Gasteiger partial charge in [0.25, 0.3) is 5.91 Å². The molecule has 7 rings (SSSR count). The molecule has 0 aliphatic rings. The van der Waals surface area contributed by atoms with Crippen LogP contribution >= 0.6 is 0 Å². The number of carbonyl (C=O) groups is 2. The predicted molar refractivity (Wildman–Crippen MR) is 173 cm³/mol. The van der Waals surface area contributed by atoms with Crippen molar-refractivity contribution in [1.82, 2.24) is 38.5 Å². The van der Waals surface area contributed by atoms with E-state index in [1.807, 2.05) is 65.3 Å². The fraction of sp³-hybridized carbons (Fsp3) is 0.121. The van der Waals surface area contributed by atoms with Gasteiger partial charge in [0.15, 0.2) is 0 Å². The molecule has 0 aliphatic carbocycles. The average molecular weight is 615 g/mol. The number of hydrogen-bond donors (Lipinski definition) is 3. The maximum absolute atomic E-state index is 12.6. The number of carboxylic acids is 1. The normalized spacial score (nSPS) is 10.9. The van der Waals surface area contributed by atoms with Gasteiger partial charge in [-0.05, 0) is 25.5 Å². The molecule has 0 unspecified atom stereocenters. The average Bonchev–Trinajstić information content (AvgIpc) is 3.80. The number of aryl methyl sites for hydroxylation is 2. The highest BCUT2D eigenvalue weighted by Crippen LogP contribution is 2.24. The minimum Gasteiger partial charge on any atom is -0.478 e. The van der Waals surface area contributed by atoms with E-state index < -0.39 is 11.9 Å². The smallest absolute Gasteiger partial charge is 0.339 e. The zero-order valence-electron chi connectivity index (χ0n) is 25.1. The van der Waals surface area contributed by atoms with E-state index in [0.717, 1.165) is 40.8 Å². The minimum absolute atomic E-state index is 0.0232. The van der Waals surface area contributed by atoms with Crippen molar-refractivity contribution in [1.29, 1.82) is 0 Å². The quantitative estimate of drug-likeness (QED) is 0.221. The van der Waals surface area contributed by atoms with Crippen LogP contribution in [0.4, 0.5) is 11.6 Å². The molecular weight excluding hydrogens is 584 g/mol. The van der Waals surface area contributed by atoms with Crippen molar-refractivity contribution in [3.8, 4) is 22.5 Å². The summed E-state index contributed by atoms with van der Waals surface area (Å²) in [6.07, 6.45) is 7.57. The molecule has 0 saturated carbocycles. The summed E-state index contributed by atoms with van der Waals surface area (Å²) in [7, 11) is 0. The summed E-state index contributed by atoms with van der Waals surface area (Å²) >= 11 is 0. The molecule has 46 heavy (non-hydrogen) atoms. The number of aromatic carboxylic acids is 1. The molecule has 13 heteroatoms. The van der Waals surface area contributed by atoms with Crippen molar-refractivity contribution >= 4 is 35.1 Å². The van der Waals surface area contributed by atoms with Crippen LogP contribution in [-0.4, -0.2) is 55.5 Å². The summed E-state index contributed by atoms with van der Waals surface area (Å²) in [6.45, 7) is 4.25. The van der Waals surface area contributed by atoms with E-state index in [0.29, 0.717) is 23.9 Å². The molecular formula is C33H30N10O3. The maximum atomic E-state index is 12.6. The van der Waals surface area contributed by atoms with Gasteiger partial charge in [-0.1, -0.05) is 67.6 Å². The highest BCUT2D eigenvalue weighted by Gasteiger charge is 2.23. The second-order valence-electron chi connectivity index (χ2n) is 10.1. The number of aromatic nitrogens is 8. The summed E-state index contributed by atoms with van der Waals surface area (Å²) in [5.41, 5.74) is 10.5. The number of fused-ring (bicyclic) bond motifs is 2. The number of benzene rings is 2. The first kappa shape index (κ1) is 29.7. The molecule has 1 amide bonds. The van der Waals surface area contributed by atoms with Gasteiger partial charge in [-0.15, -0.1) is 0 Å². The molecule has 0 bridgehead atoms. The van der Waals surface area contributed by atoms with Crippen molar-refractivity contribution in [2.45, 2.75) is 26.8 Å². The molecule has 2 aromatic carbocycles. The van der Waals surface area contributed by atoms with Gasteiger partial charge in [-0.25, -0.2) is 14.8 Å². The molecule has 0 radical (unpaired) electrons. The van der Waals surface area contributed by atoms with E-state index in [1.165, 1.54) is 4.68 Å². The molecule has 13 nitrogen and oxygen atoms in total. The minimum atomic E-state index is -1.21. The van der Waals surface area contributed by atoms with Crippen LogP contribution in [0.3, 0.4) is 0 Å². The first-order valence-corrected chi connectivity index (χ1v) is 14.6. The zero-order chi connectivity index (χ0) is 32.2. The number of carbonyl (C=O) groups excluding carboxylic acids is 1. The van der Waals surface area contributed by atoms with E-state index >= 15 is 0 Å². The Morgan fingerprint density at radius 1 is 0.848 bits per heavy atom. The van der Waals surface area contributed by atoms with E-state index in [-0.39, 0.29) is 17.1 Å². The van der Waals surface area contributed by atoms with Crippen molar-refractivity contribution in [3.05, 3.63) is 115 Å². The number of carboxylic acid groups (broad SMARTS) is 1. The van der Waals surface area contributed by atoms with Crippen LogP contribution in [0.15, 0.2) is 97.6 Å². The Morgan fingerprint density at radius 2 is 1.57 bits per heavy atom. The van der Waals surface area contributed by atoms with Gasteiger partial charge in [0, 0.05) is 36.3 Å². The molecule has 5 aromatic heterocycles. The number of nitrogens with two attached hydrogens (primary N) is 1. The van der Waals surface area contributed by atoms with Crippen LogP contribution in [-0.2, 0) is 13.0 Å². The molecule has 7 aromatic rings. The Labute approximate surface area is 263 Å². The number of rotatable bonds is 7. The summed E-state index contributed by atoms with van der Waals surface area (Å²) < 4.78 is 5.08. The lowest BCUT2D eigenvalue weighted by atomic mass is 10.1. The van der Waals surface area contributed by atoms with Crippen LogP contribution in [0.2, 0.25) is 0 Å². The van der Waals surface area contributed by atoms with Crippen LogP contribution in [0.1, 0.15) is 40.4 Å². The largest absolute Gasteiger partial charge is 0.478 e. The Kier molecular flexibility index (Phi) is 8.20. The number of anilines is 2. The van der Waals surface area contributed by atoms with Crippen LogP contribution in [0.5, 0.6) is 0 Å². The third kappa shape index (κ3) is 5.88. The molecule has 230 valence electrons. The number of hydrogen-bond acceptors (Lipinski definition) is 8. The highest BCUT2D eigenvalue weighted by atomic mass is 16.4. The van der Waals surface area contributed by atoms with Crippen molar-refractivity contribution in [2.75, 3.05) is 11.1 Å². The number of imidazole rings is 2. The molecule has 0 saturated heterocycles. The van der Waals surface area contributed by atoms with Crippen LogP contribution in [0, 0.1) is 0 Å². The number of nitrogens with zero attached hydrogens (tertiary/aromatic N) is 8. The Bertz CT molecular complexity index is 2170. The molecule has 0 spiro atoms. The number of nitrogens with one attached hydrogen (secondary N) is 1. The zero-order valence-corrected chi connectivity index (χ0v) is 25.1. The summed E-state index contributed by atoms with van der Waals surface area (Å²) in [4.78, 5) is 41.7. The number of nitrogen functional groups attached to an aromatic ring is 1. The lowest BCUT2D eigenvalue weighted by Crippen LogP contribution is -2.21. The maximum Gasteiger partial charge on any atom is 0.339 e. The standard InChI is InChI=1S/C19H16N6O3.C14H14N4/c1-2-25-16(13(10-20-25)18(27)28)17(26)22-15-8-9-24-11-14(21-19(24)23-15)12-6-4-3-5-7-12;1-2-11-13(10-6-4-3-5-7-10)17-14-16-12(15)8-9-18(11)14/h3-11H,2H2,1H3,(H,27,28)(H,21,22,23,26);3-9H,2H2,1H3,(H2,15,16,17). The van der Waals surface area contributed by atoms with E-state index in [9.17, 15) is 14.7 Å². The van der Waals surface area contributed by atoms with Gasteiger partial charge in [0.05, 0.1) is 23.3 Å². The monoisotopic (exact) mass is 614 g/mol. The van der Waals surface area contributed by atoms with E-state index in [4.69, 9.17) is 5.73 Å². The Morgan fingerprint density at radius 3 is 2.24 bits per heavy atom. The first-order chi connectivity index (χ1) is 22.4. The predicted octanol–water partition coefficient (Wildman–Crippen LogP) is 5.10. The molecule has 0 aliphatic heterocycles. The lowest BCUT2D eigenvalue weighted by molar-refractivity contribution is 0.0692.